The third-order valence-electron chi connectivity index (χ3n) is 5.09. The molecule has 29 heavy (non-hydrogen) atoms. The van der Waals surface area contributed by atoms with Gasteiger partial charge in [-0.1, -0.05) is 48.5 Å². The van der Waals surface area contributed by atoms with Crippen LogP contribution in [0.15, 0.2) is 48.5 Å². The third kappa shape index (κ3) is 4.67. The zero-order valence-electron chi connectivity index (χ0n) is 17.6. The van der Waals surface area contributed by atoms with Crippen LogP contribution in [0, 0.1) is 0 Å². The number of hydrogen-bond acceptors (Lipinski definition) is 4. The summed E-state index contributed by atoms with van der Waals surface area (Å²) in [6.07, 6.45) is 0.277. The molecule has 0 fully saturated rings. The Morgan fingerprint density at radius 1 is 1.07 bits per heavy atom. The molecule has 5 nitrogen and oxygen atoms in total. The summed E-state index contributed by atoms with van der Waals surface area (Å²) in [6, 6.07) is 15.7. The van der Waals surface area contributed by atoms with E-state index in [0.717, 1.165) is 17.4 Å². The van der Waals surface area contributed by atoms with Crippen LogP contribution < -0.4 is 0 Å². The number of carbonyl (C=O) groups is 2. The molecule has 0 unspecified atom stereocenters. The molecule has 2 aromatic carbocycles. The second kappa shape index (κ2) is 8.78. The van der Waals surface area contributed by atoms with Gasteiger partial charge in [0.2, 0.25) is 0 Å². The van der Waals surface area contributed by atoms with Gasteiger partial charge < -0.3 is 14.3 Å². The number of aldehydes is 1. The number of hydrogen-bond donors (Lipinski definition) is 0. The fourth-order valence-corrected chi connectivity index (χ4v) is 3.74. The molecule has 0 bridgehead atoms. The lowest BCUT2D eigenvalue weighted by atomic mass is 9.96. The average Bonchev–Trinajstić information content (AvgIpc) is 3.01. The van der Waals surface area contributed by atoms with Crippen LogP contribution in [0.3, 0.4) is 0 Å². The molecule has 0 saturated heterocycles. The Balaban J connectivity index is 1.93. The zero-order valence-corrected chi connectivity index (χ0v) is 17.6. The van der Waals surface area contributed by atoms with Crippen LogP contribution in [0.4, 0.5) is 4.79 Å². The Morgan fingerprint density at radius 3 is 2.10 bits per heavy atom. The molecule has 1 atom stereocenters. The quantitative estimate of drug-likeness (QED) is 0.641. The summed E-state index contributed by atoms with van der Waals surface area (Å²) >= 11 is 0. The summed E-state index contributed by atoms with van der Waals surface area (Å²) in [7, 11) is 0. The van der Waals surface area contributed by atoms with E-state index in [-0.39, 0.29) is 19.1 Å². The zero-order chi connectivity index (χ0) is 21.0. The number of fused-ring (bicyclic) bond motifs is 3. The van der Waals surface area contributed by atoms with Crippen LogP contribution >= 0.6 is 0 Å². The molecule has 1 aliphatic carbocycles. The van der Waals surface area contributed by atoms with E-state index in [9.17, 15) is 9.59 Å². The van der Waals surface area contributed by atoms with Crippen LogP contribution in [-0.2, 0) is 14.3 Å². The highest BCUT2D eigenvalue weighted by Crippen LogP contribution is 2.45. The molecule has 1 aliphatic rings. The third-order valence-corrected chi connectivity index (χ3v) is 5.09. The van der Waals surface area contributed by atoms with Crippen molar-refractivity contribution in [1.29, 1.82) is 0 Å². The predicted molar refractivity (Wildman–Crippen MR) is 113 cm³/mol. The number of rotatable bonds is 7. The first kappa shape index (κ1) is 21.1. The van der Waals surface area contributed by atoms with Crippen LogP contribution in [0.2, 0.25) is 0 Å². The van der Waals surface area contributed by atoms with Gasteiger partial charge in [0.05, 0.1) is 18.8 Å². The van der Waals surface area contributed by atoms with Gasteiger partial charge >= 0.3 is 6.09 Å². The van der Waals surface area contributed by atoms with E-state index in [1.54, 1.807) is 6.92 Å². The lowest BCUT2D eigenvalue weighted by molar-refractivity contribution is -0.116. The topological polar surface area (TPSA) is 55.8 Å². The van der Waals surface area contributed by atoms with Crippen LogP contribution in [0.25, 0.3) is 11.1 Å². The molecule has 0 N–H and O–H groups in total. The largest absolute Gasteiger partial charge is 0.450 e. The van der Waals surface area contributed by atoms with E-state index in [0.29, 0.717) is 6.54 Å². The second-order valence-corrected chi connectivity index (χ2v) is 8.21. The number of ether oxygens (including phenoxy) is 2. The summed E-state index contributed by atoms with van der Waals surface area (Å²) in [5.41, 5.74) is 4.25. The van der Waals surface area contributed by atoms with Crippen molar-refractivity contribution in [2.45, 2.75) is 45.3 Å². The molecule has 1 amide bonds. The van der Waals surface area contributed by atoms with E-state index in [4.69, 9.17) is 9.47 Å². The molecule has 3 rings (SSSR count). The maximum Gasteiger partial charge on any atom is 0.410 e. The Labute approximate surface area is 172 Å². The first-order valence-electron chi connectivity index (χ1n) is 10.1. The van der Waals surface area contributed by atoms with E-state index >= 15 is 0 Å². The number of carbonyl (C=O) groups excluding carboxylic acids is 2. The maximum atomic E-state index is 12.8. The molecule has 0 radical (unpaired) electrons. The van der Waals surface area contributed by atoms with Crippen molar-refractivity contribution in [3.05, 3.63) is 59.7 Å². The molecule has 2 aromatic rings. The van der Waals surface area contributed by atoms with Crippen LogP contribution in [0.1, 0.15) is 44.7 Å². The summed E-state index contributed by atoms with van der Waals surface area (Å²) in [5, 5.41) is 0. The smallest absolute Gasteiger partial charge is 0.410 e. The highest BCUT2D eigenvalue weighted by molar-refractivity contribution is 5.80. The van der Waals surface area contributed by atoms with Gasteiger partial charge in [0.1, 0.15) is 12.3 Å². The van der Waals surface area contributed by atoms with E-state index in [2.05, 4.69) is 24.3 Å². The lowest BCUT2D eigenvalue weighted by Crippen LogP contribution is -2.47. The van der Waals surface area contributed by atoms with Gasteiger partial charge in [0.25, 0.3) is 0 Å². The van der Waals surface area contributed by atoms with Gasteiger partial charge in [-0.3, -0.25) is 4.90 Å². The average molecular weight is 395 g/mol. The molecule has 0 saturated carbocycles. The van der Waals surface area contributed by atoms with Gasteiger partial charge in [-0.05, 0) is 49.9 Å². The van der Waals surface area contributed by atoms with Crippen molar-refractivity contribution in [3.8, 4) is 11.1 Å². The summed E-state index contributed by atoms with van der Waals surface area (Å²) in [4.78, 5) is 26.2. The predicted octanol–water partition coefficient (Wildman–Crippen LogP) is 4.64. The summed E-state index contributed by atoms with van der Waals surface area (Å²) < 4.78 is 11.1. The van der Waals surface area contributed by atoms with Crippen LogP contribution in [0.5, 0.6) is 0 Å². The standard InChI is InChI=1S/C24H29NO4/c1-5-28-23(27)25(17(15-26)16-29-24(2,3)4)14-22-20-12-8-6-10-18(20)19-11-7-9-13-21(19)22/h6-13,15,17,22H,5,14,16H2,1-4H3/t17-/m1/s1. The fraction of sp³-hybridized carbons (Fsp3) is 0.417. The molecule has 0 aromatic heterocycles. The first-order valence-corrected chi connectivity index (χ1v) is 10.1. The SMILES string of the molecule is CCOC(=O)N(CC1c2ccccc2-c2ccccc21)[C@H](C=O)COC(C)(C)C. The highest BCUT2D eigenvalue weighted by atomic mass is 16.6. The van der Waals surface area contributed by atoms with Gasteiger partial charge in [0.15, 0.2) is 0 Å². The monoisotopic (exact) mass is 395 g/mol. The summed E-state index contributed by atoms with van der Waals surface area (Å²) in [6.45, 7) is 8.26. The van der Waals surface area contributed by atoms with Crippen LogP contribution in [-0.4, -0.2) is 48.7 Å². The Kier molecular flexibility index (Phi) is 6.38. The van der Waals surface area contributed by atoms with Gasteiger partial charge in [-0.15, -0.1) is 0 Å². The first-order chi connectivity index (χ1) is 13.9. The second-order valence-electron chi connectivity index (χ2n) is 8.21. The molecule has 0 aliphatic heterocycles. The highest BCUT2D eigenvalue weighted by Gasteiger charge is 2.34. The lowest BCUT2D eigenvalue weighted by Gasteiger charge is -2.32. The minimum atomic E-state index is -0.715. The minimum absolute atomic E-state index is 0.0242. The van der Waals surface area contributed by atoms with Crippen molar-refractivity contribution >= 4 is 12.4 Å². The van der Waals surface area contributed by atoms with E-state index in [1.807, 2.05) is 45.0 Å². The Hall–Kier alpha value is -2.66. The van der Waals surface area contributed by atoms with Gasteiger partial charge in [-0.2, -0.15) is 0 Å². The van der Waals surface area contributed by atoms with Crippen molar-refractivity contribution in [2.75, 3.05) is 19.8 Å². The number of nitrogens with zero attached hydrogens (tertiary/aromatic N) is 1. The molecular formula is C24H29NO4. The fourth-order valence-electron chi connectivity index (χ4n) is 3.74. The minimum Gasteiger partial charge on any atom is -0.450 e. The Morgan fingerprint density at radius 2 is 1.62 bits per heavy atom. The molecule has 154 valence electrons. The summed E-state index contributed by atoms with van der Waals surface area (Å²) in [5.74, 6) is -0.0242. The van der Waals surface area contributed by atoms with Crippen molar-refractivity contribution in [3.63, 3.8) is 0 Å². The van der Waals surface area contributed by atoms with E-state index in [1.165, 1.54) is 16.0 Å². The van der Waals surface area contributed by atoms with E-state index < -0.39 is 17.7 Å². The van der Waals surface area contributed by atoms with Gasteiger partial charge in [0, 0.05) is 12.5 Å². The van der Waals surface area contributed by atoms with Crippen molar-refractivity contribution < 1.29 is 19.1 Å². The molecular weight excluding hydrogens is 366 g/mol. The normalized spacial score (nSPS) is 14.1. The molecule has 0 heterocycles. The van der Waals surface area contributed by atoms with Gasteiger partial charge in [-0.25, -0.2) is 4.79 Å². The van der Waals surface area contributed by atoms with Crippen molar-refractivity contribution in [1.82, 2.24) is 4.90 Å². The number of benzene rings is 2. The molecule has 0 spiro atoms. The number of amides is 1. The maximum absolute atomic E-state index is 12.8. The van der Waals surface area contributed by atoms with Crippen molar-refractivity contribution in [2.24, 2.45) is 0 Å². The Bertz CT molecular complexity index is 826. The molecule has 5 heteroatoms.